The molecule has 1 aliphatic heterocycles. The second-order valence-corrected chi connectivity index (χ2v) is 6.11. The van der Waals surface area contributed by atoms with Gasteiger partial charge in [0, 0.05) is 24.8 Å². The smallest absolute Gasteiger partial charge is 0.0468 e. The van der Waals surface area contributed by atoms with Crippen molar-refractivity contribution in [2.24, 2.45) is 5.92 Å². The Kier molecular flexibility index (Phi) is 7.33. The topological polar surface area (TPSA) is 24.5 Å². The van der Waals surface area contributed by atoms with Crippen LogP contribution in [0.3, 0.4) is 0 Å². The maximum atomic E-state index is 5.50. The fourth-order valence-corrected chi connectivity index (χ4v) is 3.74. The Morgan fingerprint density at radius 1 is 1.16 bits per heavy atom. The second-order valence-electron chi connectivity index (χ2n) is 6.11. The SMILES string of the molecule is CCNC(CC1CCOCC1)C(CC)(CC)N(C)C. The van der Waals surface area contributed by atoms with E-state index in [1.807, 2.05) is 0 Å². The van der Waals surface area contributed by atoms with Crippen molar-refractivity contribution in [2.75, 3.05) is 33.9 Å². The van der Waals surface area contributed by atoms with Crippen LogP contribution in [0.2, 0.25) is 0 Å². The molecule has 3 heteroatoms. The average Bonchev–Trinajstić information content (AvgIpc) is 2.41. The van der Waals surface area contributed by atoms with E-state index in [0.717, 1.165) is 25.7 Å². The van der Waals surface area contributed by atoms with Crippen molar-refractivity contribution in [1.82, 2.24) is 10.2 Å². The van der Waals surface area contributed by atoms with E-state index in [9.17, 15) is 0 Å². The molecule has 3 nitrogen and oxygen atoms in total. The largest absolute Gasteiger partial charge is 0.381 e. The molecule has 0 saturated carbocycles. The van der Waals surface area contributed by atoms with Crippen molar-refractivity contribution in [1.29, 1.82) is 0 Å². The zero-order valence-electron chi connectivity index (χ0n) is 13.7. The standard InChI is InChI=1S/C16H34N2O/c1-6-16(7-2,18(4)5)15(17-8-3)13-14-9-11-19-12-10-14/h14-15,17H,6-13H2,1-5H3. The highest BCUT2D eigenvalue weighted by atomic mass is 16.5. The highest BCUT2D eigenvalue weighted by Crippen LogP contribution is 2.32. The maximum Gasteiger partial charge on any atom is 0.0468 e. The maximum absolute atomic E-state index is 5.50. The Balaban J connectivity index is 2.77. The molecule has 0 spiro atoms. The van der Waals surface area contributed by atoms with E-state index in [1.165, 1.54) is 32.1 Å². The number of likely N-dealkylation sites (N-methyl/N-ethyl adjacent to an activating group) is 2. The van der Waals surface area contributed by atoms with Crippen molar-refractivity contribution in [3.63, 3.8) is 0 Å². The van der Waals surface area contributed by atoms with Gasteiger partial charge in [-0.05, 0) is 58.7 Å². The molecule has 19 heavy (non-hydrogen) atoms. The molecule has 1 heterocycles. The van der Waals surface area contributed by atoms with Crippen LogP contribution in [0.5, 0.6) is 0 Å². The van der Waals surface area contributed by atoms with Gasteiger partial charge >= 0.3 is 0 Å². The van der Waals surface area contributed by atoms with Crippen molar-refractivity contribution >= 4 is 0 Å². The lowest BCUT2D eigenvalue weighted by molar-refractivity contribution is 0.0365. The zero-order chi connectivity index (χ0) is 14.3. The third-order valence-corrected chi connectivity index (χ3v) is 5.12. The summed E-state index contributed by atoms with van der Waals surface area (Å²) >= 11 is 0. The van der Waals surface area contributed by atoms with Crippen LogP contribution in [0.15, 0.2) is 0 Å². The van der Waals surface area contributed by atoms with E-state index in [0.29, 0.717) is 6.04 Å². The molecular formula is C16H34N2O. The molecule has 114 valence electrons. The van der Waals surface area contributed by atoms with Gasteiger partial charge in [-0.2, -0.15) is 0 Å². The first-order valence-electron chi connectivity index (χ1n) is 8.09. The van der Waals surface area contributed by atoms with Gasteiger partial charge in [0.1, 0.15) is 0 Å². The van der Waals surface area contributed by atoms with Gasteiger partial charge in [0.25, 0.3) is 0 Å². The Bertz CT molecular complexity index is 233. The van der Waals surface area contributed by atoms with Crippen molar-refractivity contribution in [3.05, 3.63) is 0 Å². The van der Waals surface area contributed by atoms with Gasteiger partial charge in [0.15, 0.2) is 0 Å². The molecule has 0 aromatic rings. The van der Waals surface area contributed by atoms with Crippen LogP contribution in [0.1, 0.15) is 52.9 Å². The number of rotatable bonds is 8. The molecule has 0 aliphatic carbocycles. The number of hydrogen-bond acceptors (Lipinski definition) is 3. The van der Waals surface area contributed by atoms with Crippen LogP contribution in [0, 0.1) is 5.92 Å². The van der Waals surface area contributed by atoms with Gasteiger partial charge in [-0.15, -0.1) is 0 Å². The summed E-state index contributed by atoms with van der Waals surface area (Å²) in [5.74, 6) is 0.829. The number of nitrogens with one attached hydrogen (secondary N) is 1. The molecule has 0 aromatic heterocycles. The van der Waals surface area contributed by atoms with Crippen LogP contribution in [-0.2, 0) is 4.74 Å². The van der Waals surface area contributed by atoms with Crippen LogP contribution < -0.4 is 5.32 Å². The minimum atomic E-state index is 0.286. The monoisotopic (exact) mass is 270 g/mol. The first-order valence-corrected chi connectivity index (χ1v) is 8.09. The molecule has 1 rings (SSSR count). The minimum absolute atomic E-state index is 0.286. The van der Waals surface area contributed by atoms with Crippen molar-refractivity contribution in [2.45, 2.75) is 64.5 Å². The molecule has 0 radical (unpaired) electrons. The molecule has 1 unspecified atom stereocenters. The van der Waals surface area contributed by atoms with Gasteiger partial charge in [0.05, 0.1) is 0 Å². The number of hydrogen-bond donors (Lipinski definition) is 1. The van der Waals surface area contributed by atoms with Gasteiger partial charge in [0.2, 0.25) is 0 Å². The lowest BCUT2D eigenvalue weighted by Gasteiger charge is -2.47. The highest BCUT2D eigenvalue weighted by molar-refractivity contribution is 4.98. The lowest BCUT2D eigenvalue weighted by Crippen LogP contribution is -2.59. The highest BCUT2D eigenvalue weighted by Gasteiger charge is 2.38. The third kappa shape index (κ3) is 4.17. The van der Waals surface area contributed by atoms with E-state index in [2.05, 4.69) is 45.1 Å². The van der Waals surface area contributed by atoms with Gasteiger partial charge in [-0.1, -0.05) is 20.8 Å². The van der Waals surface area contributed by atoms with Crippen molar-refractivity contribution in [3.8, 4) is 0 Å². The summed E-state index contributed by atoms with van der Waals surface area (Å²) in [7, 11) is 4.47. The van der Waals surface area contributed by atoms with Gasteiger partial charge < -0.3 is 15.0 Å². The molecule has 0 bridgehead atoms. The fraction of sp³-hybridized carbons (Fsp3) is 1.00. The van der Waals surface area contributed by atoms with Crippen LogP contribution in [0.25, 0.3) is 0 Å². The van der Waals surface area contributed by atoms with E-state index >= 15 is 0 Å². The van der Waals surface area contributed by atoms with Crippen molar-refractivity contribution < 1.29 is 4.74 Å². The summed E-state index contributed by atoms with van der Waals surface area (Å²) in [4.78, 5) is 2.44. The quantitative estimate of drug-likeness (QED) is 0.734. The van der Waals surface area contributed by atoms with E-state index in [-0.39, 0.29) is 5.54 Å². The predicted octanol–water partition coefficient (Wildman–Crippen LogP) is 2.90. The van der Waals surface area contributed by atoms with E-state index in [4.69, 9.17) is 4.74 Å². The molecule has 0 amide bonds. The van der Waals surface area contributed by atoms with Crippen LogP contribution in [-0.4, -0.2) is 50.3 Å². The molecule has 1 fully saturated rings. The Morgan fingerprint density at radius 2 is 1.74 bits per heavy atom. The summed E-state index contributed by atoms with van der Waals surface area (Å²) in [6, 6.07) is 0.589. The van der Waals surface area contributed by atoms with Gasteiger partial charge in [-0.25, -0.2) is 0 Å². The summed E-state index contributed by atoms with van der Waals surface area (Å²) in [5, 5.41) is 3.77. The lowest BCUT2D eigenvalue weighted by atomic mass is 9.77. The molecule has 1 atom stereocenters. The Hall–Kier alpha value is -0.120. The molecular weight excluding hydrogens is 236 g/mol. The minimum Gasteiger partial charge on any atom is -0.381 e. The summed E-state index contributed by atoms with van der Waals surface area (Å²) in [6.45, 7) is 9.86. The van der Waals surface area contributed by atoms with E-state index in [1.54, 1.807) is 0 Å². The number of nitrogens with zero attached hydrogens (tertiary/aromatic N) is 1. The molecule has 0 aromatic carbocycles. The normalized spacial score (nSPS) is 19.9. The summed E-state index contributed by atoms with van der Waals surface area (Å²) in [5.41, 5.74) is 0.286. The molecule has 1 aliphatic rings. The molecule has 1 N–H and O–H groups in total. The van der Waals surface area contributed by atoms with Gasteiger partial charge in [-0.3, -0.25) is 0 Å². The molecule has 1 saturated heterocycles. The first kappa shape index (κ1) is 16.9. The van der Waals surface area contributed by atoms with Crippen LogP contribution >= 0.6 is 0 Å². The first-order chi connectivity index (χ1) is 9.10. The zero-order valence-corrected chi connectivity index (χ0v) is 13.7. The van der Waals surface area contributed by atoms with Crippen LogP contribution in [0.4, 0.5) is 0 Å². The summed E-state index contributed by atoms with van der Waals surface area (Å²) < 4.78 is 5.50. The average molecular weight is 270 g/mol. The summed E-state index contributed by atoms with van der Waals surface area (Å²) in [6.07, 6.45) is 6.17. The second kappa shape index (κ2) is 8.23. The Labute approximate surface area is 120 Å². The van der Waals surface area contributed by atoms with E-state index < -0.39 is 0 Å². The number of ether oxygens (including phenoxy) is 1. The third-order valence-electron chi connectivity index (χ3n) is 5.12. The Morgan fingerprint density at radius 3 is 2.16 bits per heavy atom. The predicted molar refractivity (Wildman–Crippen MR) is 82.6 cm³/mol. The fourth-order valence-electron chi connectivity index (χ4n) is 3.74.